The van der Waals surface area contributed by atoms with Crippen LogP contribution in [-0.2, 0) is 0 Å². The van der Waals surface area contributed by atoms with Crippen molar-refractivity contribution >= 4 is 0 Å². The van der Waals surface area contributed by atoms with Crippen molar-refractivity contribution < 1.29 is 0 Å². The highest BCUT2D eigenvalue weighted by Gasteiger charge is 2.12. The van der Waals surface area contributed by atoms with E-state index in [0.717, 1.165) is 4.57 Å². The third-order valence-corrected chi connectivity index (χ3v) is 1.56. The van der Waals surface area contributed by atoms with E-state index in [0.29, 0.717) is 6.42 Å². The van der Waals surface area contributed by atoms with Crippen molar-refractivity contribution in [1.29, 1.82) is 5.26 Å². The van der Waals surface area contributed by atoms with Crippen molar-refractivity contribution in [3.05, 3.63) is 21.0 Å². The fourth-order valence-corrected chi connectivity index (χ4v) is 0.934. The van der Waals surface area contributed by atoms with E-state index in [9.17, 15) is 9.59 Å². The van der Waals surface area contributed by atoms with Gasteiger partial charge in [0.05, 0.1) is 6.07 Å². The Labute approximate surface area is 67.4 Å². The molecular formula is C6H8N4O2. The summed E-state index contributed by atoms with van der Waals surface area (Å²) >= 11 is 0. The lowest BCUT2D eigenvalue weighted by Crippen LogP contribution is -2.29. The van der Waals surface area contributed by atoms with Crippen molar-refractivity contribution in [3.63, 3.8) is 0 Å². The summed E-state index contributed by atoms with van der Waals surface area (Å²) < 4.78 is 0.861. The van der Waals surface area contributed by atoms with E-state index in [1.165, 1.54) is 0 Å². The van der Waals surface area contributed by atoms with Crippen LogP contribution >= 0.6 is 0 Å². The van der Waals surface area contributed by atoms with Crippen LogP contribution in [-0.4, -0.2) is 14.8 Å². The van der Waals surface area contributed by atoms with Crippen molar-refractivity contribution in [2.45, 2.75) is 19.4 Å². The van der Waals surface area contributed by atoms with Crippen LogP contribution in [0.25, 0.3) is 0 Å². The maximum Gasteiger partial charge on any atom is 0.345 e. The lowest BCUT2D eigenvalue weighted by molar-refractivity contribution is 0.562. The first-order valence-electron chi connectivity index (χ1n) is 3.49. The maximum absolute atomic E-state index is 10.9. The van der Waals surface area contributed by atoms with Gasteiger partial charge in [-0.3, -0.25) is 0 Å². The number of hydrogen-bond acceptors (Lipinski definition) is 3. The summed E-state index contributed by atoms with van der Waals surface area (Å²) in [4.78, 5) is 21.8. The molecule has 1 aromatic rings. The molecule has 0 saturated heterocycles. The Morgan fingerprint density at radius 3 is 2.33 bits per heavy atom. The minimum absolute atomic E-state index is 0.428. The summed E-state index contributed by atoms with van der Waals surface area (Å²) in [6.07, 6.45) is 0.428. The minimum Gasteiger partial charge on any atom is -0.247 e. The van der Waals surface area contributed by atoms with Crippen LogP contribution in [0.5, 0.6) is 0 Å². The fraction of sp³-hybridized carbons (Fsp3) is 0.500. The largest absolute Gasteiger partial charge is 0.345 e. The highest BCUT2D eigenvalue weighted by Crippen LogP contribution is 2.01. The Bertz CT molecular complexity index is 377. The number of nitrogens with one attached hydrogen (secondary N) is 2. The van der Waals surface area contributed by atoms with E-state index in [-0.39, 0.29) is 0 Å². The standard InChI is InChI=1S/C6H8N4O2/c1-2-4(3-7)10-5(11)8-9-6(10)12/h4H,2H2,1H3,(H,8,11)(H,9,12). The highest BCUT2D eigenvalue weighted by atomic mass is 16.2. The van der Waals surface area contributed by atoms with Gasteiger partial charge in [0.2, 0.25) is 0 Å². The van der Waals surface area contributed by atoms with E-state index in [4.69, 9.17) is 5.26 Å². The summed E-state index contributed by atoms with van der Waals surface area (Å²) in [5, 5.41) is 12.8. The van der Waals surface area contributed by atoms with Gasteiger partial charge in [0.1, 0.15) is 6.04 Å². The number of aromatic amines is 2. The molecule has 0 amide bonds. The second-order valence-corrected chi connectivity index (χ2v) is 2.28. The number of nitrogens with zero attached hydrogens (tertiary/aromatic N) is 2. The van der Waals surface area contributed by atoms with Crippen LogP contribution in [0.4, 0.5) is 0 Å². The van der Waals surface area contributed by atoms with E-state index in [1.807, 2.05) is 6.07 Å². The third-order valence-electron chi connectivity index (χ3n) is 1.56. The molecule has 1 unspecified atom stereocenters. The first kappa shape index (κ1) is 8.33. The molecule has 0 bridgehead atoms. The van der Waals surface area contributed by atoms with E-state index in [1.54, 1.807) is 6.92 Å². The molecule has 64 valence electrons. The van der Waals surface area contributed by atoms with Gasteiger partial charge in [-0.15, -0.1) is 0 Å². The van der Waals surface area contributed by atoms with Crippen molar-refractivity contribution in [2.75, 3.05) is 0 Å². The smallest absolute Gasteiger partial charge is 0.247 e. The molecule has 1 atom stereocenters. The quantitative estimate of drug-likeness (QED) is 0.613. The van der Waals surface area contributed by atoms with Gasteiger partial charge in [-0.05, 0) is 6.42 Å². The summed E-state index contributed by atoms with van der Waals surface area (Å²) in [6.45, 7) is 1.73. The fourth-order valence-electron chi connectivity index (χ4n) is 0.934. The van der Waals surface area contributed by atoms with Gasteiger partial charge in [-0.25, -0.2) is 24.4 Å². The lowest BCUT2D eigenvalue weighted by Gasteiger charge is -2.01. The van der Waals surface area contributed by atoms with Gasteiger partial charge >= 0.3 is 11.4 Å². The molecule has 2 N–H and O–H groups in total. The normalized spacial score (nSPS) is 12.3. The molecule has 6 heteroatoms. The molecule has 6 nitrogen and oxygen atoms in total. The molecule has 1 heterocycles. The van der Waals surface area contributed by atoms with Gasteiger partial charge in [0, 0.05) is 0 Å². The van der Waals surface area contributed by atoms with Crippen LogP contribution in [0.1, 0.15) is 19.4 Å². The van der Waals surface area contributed by atoms with Crippen molar-refractivity contribution in [3.8, 4) is 6.07 Å². The summed E-state index contributed by atoms with van der Waals surface area (Å²) in [6, 6.07) is 1.17. The predicted octanol–water partition coefficient (Wildman–Crippen LogP) is -0.661. The Hall–Kier alpha value is -1.77. The zero-order chi connectivity index (χ0) is 9.14. The summed E-state index contributed by atoms with van der Waals surface area (Å²) in [5.74, 6) is 0. The number of nitriles is 1. The summed E-state index contributed by atoms with van der Waals surface area (Å²) in [5.41, 5.74) is -1.15. The number of H-pyrrole nitrogens is 2. The van der Waals surface area contributed by atoms with Gasteiger partial charge in [-0.1, -0.05) is 6.92 Å². The Balaban J connectivity index is 3.27. The SMILES string of the molecule is CCC(C#N)n1c(=O)[nH][nH]c1=O. The molecule has 0 spiro atoms. The van der Waals surface area contributed by atoms with Crippen LogP contribution in [0.15, 0.2) is 9.59 Å². The predicted molar refractivity (Wildman–Crippen MR) is 40.6 cm³/mol. The van der Waals surface area contributed by atoms with Crippen LogP contribution in [0.2, 0.25) is 0 Å². The zero-order valence-corrected chi connectivity index (χ0v) is 6.50. The monoisotopic (exact) mass is 168 g/mol. The molecule has 0 aromatic carbocycles. The second-order valence-electron chi connectivity index (χ2n) is 2.28. The topological polar surface area (TPSA) is 94.4 Å². The Morgan fingerprint density at radius 1 is 1.50 bits per heavy atom. The average Bonchev–Trinajstić information content (AvgIpc) is 2.38. The van der Waals surface area contributed by atoms with E-state index < -0.39 is 17.4 Å². The first-order valence-corrected chi connectivity index (χ1v) is 3.49. The van der Waals surface area contributed by atoms with Crippen LogP contribution in [0.3, 0.4) is 0 Å². The Kier molecular flexibility index (Phi) is 2.14. The lowest BCUT2D eigenvalue weighted by atomic mass is 10.2. The van der Waals surface area contributed by atoms with Gasteiger partial charge in [0.15, 0.2) is 0 Å². The summed E-state index contributed by atoms with van der Waals surface area (Å²) in [7, 11) is 0. The van der Waals surface area contributed by atoms with Crippen LogP contribution in [0, 0.1) is 11.3 Å². The molecule has 0 saturated carbocycles. The molecule has 1 aromatic heterocycles. The minimum atomic E-state index is -0.688. The Morgan fingerprint density at radius 2 is 2.00 bits per heavy atom. The molecule has 0 aliphatic carbocycles. The molecular weight excluding hydrogens is 160 g/mol. The number of rotatable bonds is 2. The number of hydrogen-bond donors (Lipinski definition) is 2. The molecule has 0 fully saturated rings. The second kappa shape index (κ2) is 3.09. The highest BCUT2D eigenvalue weighted by molar-refractivity contribution is 4.89. The van der Waals surface area contributed by atoms with E-state index in [2.05, 4.69) is 10.2 Å². The molecule has 0 aliphatic rings. The van der Waals surface area contributed by atoms with Gasteiger partial charge in [0.25, 0.3) is 0 Å². The van der Waals surface area contributed by atoms with Gasteiger partial charge < -0.3 is 0 Å². The van der Waals surface area contributed by atoms with Crippen LogP contribution < -0.4 is 11.4 Å². The maximum atomic E-state index is 10.9. The molecule has 0 radical (unpaired) electrons. The third kappa shape index (κ3) is 1.16. The molecule has 1 rings (SSSR count). The first-order chi connectivity index (χ1) is 5.70. The average molecular weight is 168 g/mol. The molecule has 0 aliphatic heterocycles. The molecule has 12 heavy (non-hydrogen) atoms. The van der Waals surface area contributed by atoms with Crippen molar-refractivity contribution in [2.24, 2.45) is 0 Å². The zero-order valence-electron chi connectivity index (χ0n) is 6.50. The number of aromatic nitrogens is 3. The van der Waals surface area contributed by atoms with Crippen molar-refractivity contribution in [1.82, 2.24) is 14.8 Å². The van der Waals surface area contributed by atoms with E-state index >= 15 is 0 Å². The van der Waals surface area contributed by atoms with Gasteiger partial charge in [-0.2, -0.15) is 5.26 Å².